The molecule has 0 bridgehead atoms. The third-order valence-electron chi connectivity index (χ3n) is 4.45. The van der Waals surface area contributed by atoms with Crippen LogP contribution in [0, 0.1) is 6.92 Å². The second kappa shape index (κ2) is 7.46. The number of hydrogen-bond acceptors (Lipinski definition) is 6. The SMILES string of the molecule is CCSc1nc(-c2ccccc2Cl)nc2c1Cc1c(CO)cnc(C)c1O2. The highest BCUT2D eigenvalue weighted by Crippen LogP contribution is 2.43. The van der Waals surface area contributed by atoms with E-state index in [1.807, 2.05) is 31.2 Å². The number of fused-ring (bicyclic) bond motifs is 2. The van der Waals surface area contributed by atoms with Crippen LogP contribution in [0.3, 0.4) is 0 Å². The Kier molecular flexibility index (Phi) is 5.04. The molecule has 0 atom stereocenters. The summed E-state index contributed by atoms with van der Waals surface area (Å²) in [6, 6.07) is 7.51. The van der Waals surface area contributed by atoms with Gasteiger partial charge in [0.15, 0.2) is 11.6 Å². The first-order chi connectivity index (χ1) is 13.1. The van der Waals surface area contributed by atoms with E-state index >= 15 is 0 Å². The van der Waals surface area contributed by atoms with Crippen LogP contribution in [0.4, 0.5) is 0 Å². The van der Waals surface area contributed by atoms with Crippen molar-refractivity contribution in [1.29, 1.82) is 0 Å². The molecule has 0 saturated heterocycles. The van der Waals surface area contributed by atoms with Crippen molar-refractivity contribution in [1.82, 2.24) is 15.0 Å². The third-order valence-corrected chi connectivity index (χ3v) is 5.68. The van der Waals surface area contributed by atoms with Crippen molar-refractivity contribution in [3.63, 3.8) is 0 Å². The molecule has 3 heterocycles. The lowest BCUT2D eigenvalue weighted by molar-refractivity contribution is 0.278. The van der Waals surface area contributed by atoms with Crippen LogP contribution in [0.15, 0.2) is 35.5 Å². The van der Waals surface area contributed by atoms with Crippen LogP contribution in [0.1, 0.15) is 29.3 Å². The van der Waals surface area contributed by atoms with Gasteiger partial charge in [-0.25, -0.2) is 4.98 Å². The number of aliphatic hydroxyl groups excluding tert-OH is 1. The van der Waals surface area contributed by atoms with Gasteiger partial charge in [0.2, 0.25) is 5.88 Å². The minimum absolute atomic E-state index is 0.0802. The predicted molar refractivity (Wildman–Crippen MR) is 107 cm³/mol. The second-order valence-electron chi connectivity index (χ2n) is 6.16. The molecule has 0 fully saturated rings. The van der Waals surface area contributed by atoms with Gasteiger partial charge in [0, 0.05) is 29.3 Å². The summed E-state index contributed by atoms with van der Waals surface area (Å²) in [7, 11) is 0. The van der Waals surface area contributed by atoms with E-state index in [9.17, 15) is 5.11 Å². The first-order valence-corrected chi connectivity index (χ1v) is 10.0. The molecule has 0 spiro atoms. The molecular weight excluding hydrogens is 382 g/mol. The van der Waals surface area contributed by atoms with Crippen LogP contribution in [-0.2, 0) is 13.0 Å². The quantitative estimate of drug-likeness (QED) is 0.392. The molecule has 0 unspecified atom stereocenters. The largest absolute Gasteiger partial charge is 0.436 e. The molecule has 5 nitrogen and oxygen atoms in total. The van der Waals surface area contributed by atoms with E-state index in [0.29, 0.717) is 28.9 Å². The van der Waals surface area contributed by atoms with Crippen molar-refractivity contribution in [3.05, 3.63) is 57.9 Å². The number of aryl methyl sites for hydroxylation is 1. The van der Waals surface area contributed by atoms with E-state index in [1.54, 1.807) is 18.0 Å². The Morgan fingerprint density at radius 2 is 2.04 bits per heavy atom. The molecule has 0 saturated carbocycles. The monoisotopic (exact) mass is 399 g/mol. The number of aromatic nitrogens is 3. The molecular formula is C20H18ClN3O2S. The van der Waals surface area contributed by atoms with Crippen LogP contribution in [0.5, 0.6) is 11.6 Å². The third kappa shape index (κ3) is 3.29. The van der Waals surface area contributed by atoms with Gasteiger partial charge >= 0.3 is 0 Å². The Labute approximate surface area is 166 Å². The van der Waals surface area contributed by atoms with Gasteiger partial charge in [-0.05, 0) is 24.8 Å². The number of hydrogen-bond donors (Lipinski definition) is 1. The molecule has 3 aromatic rings. The molecule has 1 aromatic carbocycles. The first kappa shape index (κ1) is 18.2. The average molecular weight is 400 g/mol. The Balaban J connectivity index is 1.88. The summed E-state index contributed by atoms with van der Waals surface area (Å²) in [6.07, 6.45) is 2.31. The van der Waals surface area contributed by atoms with Crippen LogP contribution in [0.2, 0.25) is 5.02 Å². The molecule has 4 rings (SSSR count). The van der Waals surface area contributed by atoms with E-state index in [1.165, 1.54) is 0 Å². The lowest BCUT2D eigenvalue weighted by atomic mass is 9.99. The molecule has 0 radical (unpaired) electrons. The fourth-order valence-electron chi connectivity index (χ4n) is 3.11. The Bertz CT molecular complexity index is 1030. The summed E-state index contributed by atoms with van der Waals surface area (Å²) >= 11 is 8.00. The average Bonchev–Trinajstić information content (AvgIpc) is 2.68. The molecule has 138 valence electrons. The van der Waals surface area contributed by atoms with Crippen molar-refractivity contribution in [3.8, 4) is 23.0 Å². The number of halogens is 1. The summed E-state index contributed by atoms with van der Waals surface area (Å²) in [5.41, 5.74) is 4.20. The lowest BCUT2D eigenvalue weighted by Gasteiger charge is -2.24. The summed E-state index contributed by atoms with van der Waals surface area (Å²) in [5, 5.41) is 11.2. The highest BCUT2D eigenvalue weighted by molar-refractivity contribution is 7.99. The maximum Gasteiger partial charge on any atom is 0.227 e. The van der Waals surface area contributed by atoms with Gasteiger partial charge in [-0.15, -0.1) is 11.8 Å². The van der Waals surface area contributed by atoms with Gasteiger partial charge < -0.3 is 9.84 Å². The smallest absolute Gasteiger partial charge is 0.227 e. The normalized spacial score (nSPS) is 12.3. The summed E-state index contributed by atoms with van der Waals surface area (Å²) in [5.74, 6) is 2.62. The zero-order valence-electron chi connectivity index (χ0n) is 15.0. The standard InChI is InChI=1S/C20H18ClN3O2S/c1-3-27-20-15-8-14-12(10-25)9-22-11(2)17(14)26-19(15)23-18(24-20)13-6-4-5-7-16(13)21/h4-7,9,25H,3,8,10H2,1-2H3. The number of aliphatic hydroxyl groups is 1. The molecule has 0 amide bonds. The number of rotatable bonds is 4. The minimum atomic E-state index is -0.0802. The molecule has 1 aliphatic heterocycles. The van der Waals surface area contributed by atoms with Crippen molar-refractivity contribution < 1.29 is 9.84 Å². The molecule has 7 heteroatoms. The number of thioether (sulfide) groups is 1. The fourth-order valence-corrected chi connectivity index (χ4v) is 4.09. The molecule has 1 aliphatic rings. The van der Waals surface area contributed by atoms with Crippen molar-refractivity contribution in [2.24, 2.45) is 0 Å². The summed E-state index contributed by atoms with van der Waals surface area (Å²) < 4.78 is 6.16. The number of benzene rings is 1. The van der Waals surface area contributed by atoms with E-state index in [-0.39, 0.29) is 6.61 Å². The second-order valence-corrected chi connectivity index (χ2v) is 7.82. The van der Waals surface area contributed by atoms with Gasteiger partial charge in [0.05, 0.1) is 22.9 Å². The predicted octanol–water partition coefficient (Wildman–Crippen LogP) is 4.80. The Morgan fingerprint density at radius 1 is 1.22 bits per heavy atom. The van der Waals surface area contributed by atoms with Crippen molar-refractivity contribution >= 4 is 23.4 Å². The van der Waals surface area contributed by atoms with Gasteiger partial charge in [-0.2, -0.15) is 4.98 Å². The summed E-state index contributed by atoms with van der Waals surface area (Å²) in [4.78, 5) is 13.8. The maximum atomic E-state index is 9.68. The topological polar surface area (TPSA) is 68.1 Å². The van der Waals surface area contributed by atoms with E-state index in [4.69, 9.17) is 21.3 Å². The van der Waals surface area contributed by atoms with Crippen LogP contribution >= 0.6 is 23.4 Å². The number of pyridine rings is 1. The highest BCUT2D eigenvalue weighted by atomic mass is 35.5. The van der Waals surface area contributed by atoms with Crippen molar-refractivity contribution in [2.45, 2.75) is 31.9 Å². The van der Waals surface area contributed by atoms with Gasteiger partial charge in [0.25, 0.3) is 0 Å². The Morgan fingerprint density at radius 3 is 2.78 bits per heavy atom. The maximum absolute atomic E-state index is 9.68. The van der Waals surface area contributed by atoms with E-state index in [0.717, 1.165) is 38.7 Å². The minimum Gasteiger partial charge on any atom is -0.436 e. The first-order valence-electron chi connectivity index (χ1n) is 8.67. The van der Waals surface area contributed by atoms with Gasteiger partial charge in [-0.1, -0.05) is 30.7 Å². The van der Waals surface area contributed by atoms with Crippen LogP contribution in [-0.4, -0.2) is 25.8 Å². The molecule has 1 N–H and O–H groups in total. The van der Waals surface area contributed by atoms with E-state index in [2.05, 4.69) is 16.9 Å². The van der Waals surface area contributed by atoms with Crippen LogP contribution < -0.4 is 4.74 Å². The van der Waals surface area contributed by atoms with Crippen molar-refractivity contribution in [2.75, 3.05) is 5.75 Å². The fraction of sp³-hybridized carbons (Fsp3) is 0.250. The summed E-state index contributed by atoms with van der Waals surface area (Å²) in [6.45, 7) is 3.89. The van der Waals surface area contributed by atoms with Crippen LogP contribution in [0.25, 0.3) is 11.4 Å². The Hall–Kier alpha value is -2.15. The van der Waals surface area contributed by atoms with Gasteiger partial charge in [-0.3, -0.25) is 4.98 Å². The van der Waals surface area contributed by atoms with E-state index < -0.39 is 0 Å². The molecule has 0 aliphatic carbocycles. The molecule has 2 aromatic heterocycles. The zero-order chi connectivity index (χ0) is 19.0. The number of nitrogens with zero attached hydrogens (tertiary/aromatic N) is 3. The zero-order valence-corrected chi connectivity index (χ0v) is 16.6. The van der Waals surface area contributed by atoms with Gasteiger partial charge in [0.1, 0.15) is 5.03 Å². The molecule has 27 heavy (non-hydrogen) atoms. The highest BCUT2D eigenvalue weighted by Gasteiger charge is 2.27. The lowest BCUT2D eigenvalue weighted by Crippen LogP contribution is -2.13. The number of ether oxygens (including phenoxy) is 1.